The van der Waals surface area contributed by atoms with Gasteiger partial charge in [0.2, 0.25) is 5.43 Å². The van der Waals surface area contributed by atoms with E-state index in [2.05, 4.69) is 5.32 Å². The van der Waals surface area contributed by atoms with E-state index >= 15 is 0 Å². The third-order valence-electron chi connectivity index (χ3n) is 6.56. The Morgan fingerprint density at radius 1 is 1.28 bits per heavy atom. The largest absolute Gasteiger partial charge is 0.503 e. The Morgan fingerprint density at radius 3 is 2.81 bits per heavy atom. The van der Waals surface area contributed by atoms with Crippen molar-refractivity contribution in [2.75, 3.05) is 0 Å². The number of hydrogen-bond donors (Lipinski definition) is 2. The molecule has 168 valence electrons. The molecule has 32 heavy (non-hydrogen) atoms. The van der Waals surface area contributed by atoms with Crippen LogP contribution in [-0.4, -0.2) is 44.8 Å². The second-order valence-corrected chi connectivity index (χ2v) is 8.58. The smallest absolute Gasteiger partial charge is 0.276 e. The van der Waals surface area contributed by atoms with Gasteiger partial charge in [-0.25, -0.2) is 8.78 Å². The number of benzene rings is 1. The van der Waals surface area contributed by atoms with Gasteiger partial charge in [-0.3, -0.25) is 14.4 Å². The molecule has 2 amide bonds. The number of rotatable bonds is 3. The van der Waals surface area contributed by atoms with Crippen molar-refractivity contribution in [1.82, 2.24) is 14.8 Å². The minimum absolute atomic E-state index is 0.0249. The first-order valence-electron chi connectivity index (χ1n) is 10.4. The number of aromatic nitrogens is 1. The standard InChI is InChI=1S/C22H21F2N3O5/c1-10-4-13-6-16(10)27-17(32-13)9-26-8-14(19(28)20(29)18(26)22(27)31)21(30)25-7-11-2-3-12(23)5-15(11)24/h2-3,5,8,10,13,16-17,29H,4,6-7,9H2,1H3,(H,25,30)/t10-,13-,16-,17?/m1/s1. The highest BCUT2D eigenvalue weighted by molar-refractivity contribution is 5.99. The van der Waals surface area contributed by atoms with Crippen LogP contribution >= 0.6 is 0 Å². The molecule has 2 N–H and O–H groups in total. The quantitative estimate of drug-likeness (QED) is 0.750. The van der Waals surface area contributed by atoms with Crippen LogP contribution in [0, 0.1) is 17.6 Å². The van der Waals surface area contributed by atoms with E-state index in [0.717, 1.165) is 18.9 Å². The summed E-state index contributed by atoms with van der Waals surface area (Å²) in [6.07, 6.45) is 2.26. The maximum Gasteiger partial charge on any atom is 0.276 e. The SMILES string of the molecule is C[C@@H]1C[C@@H]2C[C@H]1N1C(=O)c3c(O)c(=O)c(C(=O)NCc4ccc(F)cc4F)cn3CC1O2. The number of carbonyl (C=O) groups excluding carboxylic acids is 2. The number of carbonyl (C=O) groups is 2. The van der Waals surface area contributed by atoms with Crippen LogP contribution in [-0.2, 0) is 17.8 Å². The summed E-state index contributed by atoms with van der Waals surface area (Å²) in [4.78, 5) is 40.1. The molecular weight excluding hydrogens is 424 g/mol. The van der Waals surface area contributed by atoms with Gasteiger partial charge in [0, 0.05) is 30.4 Å². The minimum Gasteiger partial charge on any atom is -0.503 e. The highest BCUT2D eigenvalue weighted by Gasteiger charge is 2.50. The van der Waals surface area contributed by atoms with Gasteiger partial charge in [-0.2, -0.15) is 0 Å². The number of pyridine rings is 1. The lowest BCUT2D eigenvalue weighted by atomic mass is 10.0. The van der Waals surface area contributed by atoms with Crippen LogP contribution in [0.2, 0.25) is 0 Å². The van der Waals surface area contributed by atoms with E-state index in [0.29, 0.717) is 6.07 Å². The maximum absolute atomic E-state index is 13.8. The number of nitrogens with zero attached hydrogens (tertiary/aromatic N) is 2. The number of aromatic hydroxyl groups is 1. The number of hydrogen-bond acceptors (Lipinski definition) is 5. The second-order valence-electron chi connectivity index (χ2n) is 8.58. The molecule has 8 nitrogen and oxygen atoms in total. The zero-order chi connectivity index (χ0) is 22.7. The zero-order valence-corrected chi connectivity index (χ0v) is 17.2. The Hall–Kier alpha value is -3.27. The van der Waals surface area contributed by atoms with E-state index in [1.165, 1.54) is 16.8 Å². The average Bonchev–Trinajstić information content (AvgIpc) is 3.03. The van der Waals surface area contributed by atoms with Crippen LogP contribution in [0.5, 0.6) is 5.75 Å². The Bertz CT molecular complexity index is 1200. The third-order valence-corrected chi connectivity index (χ3v) is 6.56. The fraction of sp³-hybridized carbons (Fsp3) is 0.409. The van der Waals surface area contributed by atoms with E-state index in [1.54, 1.807) is 4.90 Å². The summed E-state index contributed by atoms with van der Waals surface area (Å²) in [5, 5.41) is 12.9. The van der Waals surface area contributed by atoms with Gasteiger partial charge in [-0.15, -0.1) is 0 Å². The summed E-state index contributed by atoms with van der Waals surface area (Å²) in [6.45, 7) is 1.93. The highest BCUT2D eigenvalue weighted by Crippen LogP contribution is 2.41. The molecular formula is C22H21F2N3O5. The first-order chi connectivity index (χ1) is 15.2. The van der Waals surface area contributed by atoms with E-state index in [1.807, 2.05) is 6.92 Å². The average molecular weight is 445 g/mol. The van der Waals surface area contributed by atoms with Gasteiger partial charge in [0.05, 0.1) is 12.6 Å². The topological polar surface area (TPSA) is 101 Å². The molecule has 3 heterocycles. The molecule has 1 aromatic heterocycles. The molecule has 4 atom stereocenters. The monoisotopic (exact) mass is 445 g/mol. The van der Waals surface area contributed by atoms with Crippen molar-refractivity contribution in [1.29, 1.82) is 0 Å². The van der Waals surface area contributed by atoms with Gasteiger partial charge in [0.15, 0.2) is 17.7 Å². The molecule has 2 bridgehead atoms. The summed E-state index contributed by atoms with van der Waals surface area (Å²) in [7, 11) is 0. The van der Waals surface area contributed by atoms with Crippen molar-refractivity contribution in [2.24, 2.45) is 5.92 Å². The van der Waals surface area contributed by atoms with Gasteiger partial charge in [-0.1, -0.05) is 13.0 Å². The first-order valence-corrected chi connectivity index (χ1v) is 10.4. The molecule has 2 fully saturated rings. The number of halogens is 2. The van der Waals surface area contributed by atoms with Crippen molar-refractivity contribution in [3.05, 3.63) is 63.1 Å². The second kappa shape index (κ2) is 7.40. The van der Waals surface area contributed by atoms with Crippen molar-refractivity contribution < 1.29 is 28.2 Å². The molecule has 2 aromatic rings. The van der Waals surface area contributed by atoms with Crippen LogP contribution < -0.4 is 10.7 Å². The lowest BCUT2D eigenvalue weighted by Gasteiger charge is -2.45. The Kier molecular flexibility index (Phi) is 4.77. The van der Waals surface area contributed by atoms with Crippen LogP contribution in [0.15, 0.2) is 29.2 Å². The van der Waals surface area contributed by atoms with Gasteiger partial charge in [-0.05, 0) is 24.8 Å². The molecule has 1 aromatic carbocycles. The molecule has 1 aliphatic carbocycles. The third kappa shape index (κ3) is 3.17. The predicted molar refractivity (Wildman–Crippen MR) is 107 cm³/mol. The van der Waals surface area contributed by atoms with Crippen molar-refractivity contribution in [2.45, 2.75) is 51.2 Å². The van der Waals surface area contributed by atoms with Crippen molar-refractivity contribution in [3.8, 4) is 5.75 Å². The van der Waals surface area contributed by atoms with Crippen molar-refractivity contribution >= 4 is 11.8 Å². The summed E-state index contributed by atoms with van der Waals surface area (Å²) in [5.74, 6) is -3.50. The summed E-state index contributed by atoms with van der Waals surface area (Å²) in [6, 6.07) is 2.91. The Balaban J connectivity index is 1.44. The number of nitrogens with one attached hydrogen (secondary N) is 1. The number of fused-ring (bicyclic) bond motifs is 5. The van der Waals surface area contributed by atoms with Gasteiger partial charge >= 0.3 is 0 Å². The molecule has 1 saturated carbocycles. The fourth-order valence-electron chi connectivity index (χ4n) is 4.99. The number of ether oxygens (including phenoxy) is 1. The molecule has 1 saturated heterocycles. The highest BCUT2D eigenvalue weighted by atomic mass is 19.1. The van der Waals surface area contributed by atoms with E-state index < -0.39 is 40.9 Å². The minimum atomic E-state index is -0.990. The van der Waals surface area contributed by atoms with Gasteiger partial charge < -0.3 is 24.6 Å². The van der Waals surface area contributed by atoms with Crippen LogP contribution in [0.3, 0.4) is 0 Å². The summed E-state index contributed by atoms with van der Waals surface area (Å²) < 4.78 is 34.3. The first kappa shape index (κ1) is 20.6. The fourth-order valence-corrected chi connectivity index (χ4v) is 4.99. The van der Waals surface area contributed by atoms with E-state index in [9.17, 15) is 28.3 Å². The molecule has 10 heteroatoms. The van der Waals surface area contributed by atoms with Gasteiger partial charge in [0.1, 0.15) is 17.2 Å². The summed E-state index contributed by atoms with van der Waals surface area (Å²) >= 11 is 0. The van der Waals surface area contributed by atoms with Gasteiger partial charge in [0.25, 0.3) is 11.8 Å². The molecule has 1 unspecified atom stereocenters. The van der Waals surface area contributed by atoms with Crippen molar-refractivity contribution in [3.63, 3.8) is 0 Å². The molecule has 0 spiro atoms. The Labute approximate surface area is 181 Å². The molecule has 0 radical (unpaired) electrons. The lowest BCUT2D eigenvalue weighted by molar-refractivity contribution is -0.133. The molecule has 3 aliphatic rings. The molecule has 5 rings (SSSR count). The molecule has 2 aliphatic heterocycles. The maximum atomic E-state index is 13.8. The van der Waals surface area contributed by atoms with Crippen LogP contribution in [0.4, 0.5) is 8.78 Å². The normalized spacial score (nSPS) is 26.0. The number of amides is 2. The predicted octanol–water partition coefficient (Wildman–Crippen LogP) is 1.74. The lowest BCUT2D eigenvalue weighted by Crippen LogP contribution is -2.58. The summed E-state index contributed by atoms with van der Waals surface area (Å²) in [5.41, 5.74) is -1.51. The van der Waals surface area contributed by atoms with E-state index in [-0.39, 0.29) is 48.0 Å². The van der Waals surface area contributed by atoms with Crippen LogP contribution in [0.1, 0.15) is 46.2 Å². The van der Waals surface area contributed by atoms with Crippen LogP contribution in [0.25, 0.3) is 0 Å². The Morgan fingerprint density at radius 2 is 2.06 bits per heavy atom. The van der Waals surface area contributed by atoms with E-state index in [4.69, 9.17) is 4.74 Å². The zero-order valence-electron chi connectivity index (χ0n) is 17.2.